The van der Waals surface area contributed by atoms with E-state index in [4.69, 9.17) is 0 Å². The lowest BCUT2D eigenvalue weighted by Crippen LogP contribution is -2.36. The smallest absolute Gasteiger partial charge is 0.172 e. The second-order valence-electron chi connectivity index (χ2n) is 5.47. The zero-order chi connectivity index (χ0) is 14.5. The van der Waals surface area contributed by atoms with Gasteiger partial charge >= 0.3 is 0 Å². The van der Waals surface area contributed by atoms with Gasteiger partial charge in [0, 0.05) is 5.88 Å². The number of hydrogen-bond donors (Lipinski definition) is 1. The molecule has 0 aromatic heterocycles. The van der Waals surface area contributed by atoms with Crippen molar-refractivity contribution in [1.29, 1.82) is 0 Å². The normalized spacial score (nSPS) is 13.3. The summed E-state index contributed by atoms with van der Waals surface area (Å²) in [6.45, 7) is 6.54. The maximum absolute atomic E-state index is 12.1. The molecule has 0 spiro atoms. The fourth-order valence-electron chi connectivity index (χ4n) is 1.96. The van der Waals surface area contributed by atoms with Crippen LogP contribution in [-0.4, -0.2) is 24.0 Å². The van der Waals surface area contributed by atoms with E-state index in [0.717, 1.165) is 18.7 Å². The van der Waals surface area contributed by atoms with Crippen LogP contribution in [0.25, 0.3) is 0 Å². The molecule has 0 heterocycles. The number of carbonyl (C=O) groups is 1. The zero-order valence-electron chi connectivity index (χ0n) is 13.1. The highest BCUT2D eigenvalue weighted by Gasteiger charge is 2.16. The van der Waals surface area contributed by atoms with Crippen LogP contribution in [0.15, 0.2) is 12.2 Å². The van der Waals surface area contributed by atoms with Gasteiger partial charge in [0.05, 0.1) is 6.04 Å². The molecule has 0 saturated heterocycles. The lowest BCUT2D eigenvalue weighted by Gasteiger charge is -2.17. The van der Waals surface area contributed by atoms with E-state index in [1.54, 1.807) is 17.8 Å². The average Bonchev–Trinajstić information content (AvgIpc) is 2.37. The van der Waals surface area contributed by atoms with E-state index in [-0.39, 0.29) is 11.8 Å². The van der Waals surface area contributed by atoms with E-state index in [1.165, 1.54) is 25.7 Å². The molecule has 0 rings (SSSR count). The van der Waals surface area contributed by atoms with Gasteiger partial charge in [0.2, 0.25) is 0 Å². The van der Waals surface area contributed by atoms with Crippen molar-refractivity contribution < 1.29 is 4.79 Å². The number of ketones is 1. The topological polar surface area (TPSA) is 29.1 Å². The third-order valence-electron chi connectivity index (χ3n) is 3.03. The average molecular weight is 285 g/mol. The van der Waals surface area contributed by atoms with E-state index in [0.29, 0.717) is 5.92 Å². The number of rotatable bonds is 12. The minimum Gasteiger partial charge on any atom is -0.298 e. The van der Waals surface area contributed by atoms with Gasteiger partial charge in [0.1, 0.15) is 0 Å². The molecule has 0 aromatic rings. The summed E-state index contributed by atoms with van der Waals surface area (Å²) in [4.78, 5) is 12.1. The van der Waals surface area contributed by atoms with E-state index in [9.17, 15) is 4.79 Å². The van der Waals surface area contributed by atoms with Gasteiger partial charge in [-0.3, -0.25) is 10.1 Å². The summed E-state index contributed by atoms with van der Waals surface area (Å²) in [5, 5.41) is 3.32. The van der Waals surface area contributed by atoms with Crippen molar-refractivity contribution in [3.05, 3.63) is 12.2 Å². The Morgan fingerprint density at radius 1 is 1.26 bits per heavy atom. The van der Waals surface area contributed by atoms with Crippen molar-refractivity contribution in [3.63, 3.8) is 0 Å². The van der Waals surface area contributed by atoms with Crippen LogP contribution in [0.4, 0.5) is 0 Å². The molecule has 19 heavy (non-hydrogen) atoms. The lowest BCUT2D eigenvalue weighted by atomic mass is 10.00. The fraction of sp³-hybridized carbons (Fsp3) is 0.812. The molecule has 112 valence electrons. The molecule has 0 saturated carbocycles. The summed E-state index contributed by atoms with van der Waals surface area (Å²) >= 11 is 1.72. The molecule has 3 heteroatoms. The highest BCUT2D eigenvalue weighted by Crippen LogP contribution is 2.08. The van der Waals surface area contributed by atoms with Crippen LogP contribution >= 0.6 is 11.8 Å². The number of unbranched alkanes of at least 4 members (excludes halogenated alkanes) is 4. The molecule has 0 aliphatic carbocycles. The van der Waals surface area contributed by atoms with E-state index < -0.39 is 0 Å². The van der Waals surface area contributed by atoms with Gasteiger partial charge in [-0.25, -0.2) is 0 Å². The summed E-state index contributed by atoms with van der Waals surface area (Å²) in [5.74, 6) is 1.62. The molecule has 0 radical (unpaired) electrons. The molecule has 0 fully saturated rings. The molecule has 0 unspecified atom stereocenters. The summed E-state index contributed by atoms with van der Waals surface area (Å²) in [5.41, 5.74) is 0. The number of allylic oxidation sites excluding steroid dienone is 1. The van der Waals surface area contributed by atoms with Crippen molar-refractivity contribution in [2.24, 2.45) is 5.92 Å². The van der Waals surface area contributed by atoms with Crippen LogP contribution in [0, 0.1) is 5.92 Å². The first-order chi connectivity index (χ1) is 9.11. The SMILES string of the molecule is CCCCCC/C=C/C(=O)[C@H](CC(C)C)NCSC. The van der Waals surface area contributed by atoms with Crippen molar-refractivity contribution in [2.75, 3.05) is 12.1 Å². The molecular formula is C16H31NOS. The Bertz CT molecular complexity index is 251. The zero-order valence-corrected chi connectivity index (χ0v) is 13.9. The third-order valence-corrected chi connectivity index (χ3v) is 3.49. The molecule has 0 aromatic carbocycles. The van der Waals surface area contributed by atoms with Gasteiger partial charge in [0.25, 0.3) is 0 Å². The standard InChI is InChI=1S/C16H31NOS/c1-5-6-7-8-9-10-11-16(18)15(12-14(2)3)17-13-19-4/h10-11,14-15,17H,5-9,12-13H2,1-4H3/b11-10+/t15-/m0/s1. The second kappa shape index (κ2) is 12.7. The van der Waals surface area contributed by atoms with Gasteiger partial charge in [-0.05, 0) is 37.5 Å². The highest BCUT2D eigenvalue weighted by molar-refractivity contribution is 7.98. The van der Waals surface area contributed by atoms with Crippen LogP contribution in [0.5, 0.6) is 0 Å². The van der Waals surface area contributed by atoms with Crippen molar-refractivity contribution in [1.82, 2.24) is 5.32 Å². The first-order valence-corrected chi connectivity index (χ1v) is 8.93. The van der Waals surface area contributed by atoms with E-state index in [1.807, 2.05) is 12.3 Å². The third kappa shape index (κ3) is 11.3. The Morgan fingerprint density at radius 3 is 2.58 bits per heavy atom. The number of carbonyl (C=O) groups excluding carboxylic acids is 1. The predicted molar refractivity (Wildman–Crippen MR) is 87.7 cm³/mol. The maximum atomic E-state index is 12.1. The Labute approximate surface area is 123 Å². The fourth-order valence-corrected chi connectivity index (χ4v) is 2.33. The second-order valence-corrected chi connectivity index (χ2v) is 6.34. The molecular weight excluding hydrogens is 254 g/mol. The van der Waals surface area contributed by atoms with Crippen LogP contribution in [-0.2, 0) is 4.79 Å². The van der Waals surface area contributed by atoms with Crippen molar-refractivity contribution >= 4 is 17.5 Å². The summed E-state index contributed by atoms with van der Waals surface area (Å²) in [6, 6.07) is -0.0145. The minimum absolute atomic E-state index is 0.0145. The first-order valence-electron chi connectivity index (χ1n) is 7.54. The maximum Gasteiger partial charge on any atom is 0.172 e. The Hall–Kier alpha value is -0.280. The molecule has 1 atom stereocenters. The van der Waals surface area contributed by atoms with Crippen molar-refractivity contribution in [3.8, 4) is 0 Å². The quantitative estimate of drug-likeness (QED) is 0.327. The van der Waals surface area contributed by atoms with Crippen LogP contribution in [0.1, 0.15) is 59.3 Å². The van der Waals surface area contributed by atoms with E-state index in [2.05, 4.69) is 26.1 Å². The number of nitrogens with one attached hydrogen (secondary N) is 1. The van der Waals surface area contributed by atoms with Gasteiger partial charge < -0.3 is 0 Å². The minimum atomic E-state index is -0.0145. The lowest BCUT2D eigenvalue weighted by molar-refractivity contribution is -0.116. The first kappa shape index (κ1) is 18.7. The molecule has 0 aliphatic rings. The molecule has 0 bridgehead atoms. The van der Waals surface area contributed by atoms with Crippen LogP contribution < -0.4 is 5.32 Å². The summed E-state index contributed by atoms with van der Waals surface area (Å²) in [7, 11) is 0. The monoisotopic (exact) mass is 285 g/mol. The summed E-state index contributed by atoms with van der Waals surface area (Å²) < 4.78 is 0. The van der Waals surface area contributed by atoms with Gasteiger partial charge in [-0.15, -0.1) is 11.8 Å². The molecule has 2 nitrogen and oxygen atoms in total. The summed E-state index contributed by atoms with van der Waals surface area (Å²) in [6.07, 6.45) is 12.9. The van der Waals surface area contributed by atoms with Crippen LogP contribution in [0.2, 0.25) is 0 Å². The van der Waals surface area contributed by atoms with Gasteiger partial charge in [-0.1, -0.05) is 46.1 Å². The predicted octanol–water partition coefficient (Wildman–Crippen LogP) is 4.41. The number of thioether (sulfide) groups is 1. The Kier molecular flexibility index (Phi) is 12.6. The highest BCUT2D eigenvalue weighted by atomic mass is 32.2. The Balaban J connectivity index is 4.03. The Morgan fingerprint density at radius 2 is 2.00 bits per heavy atom. The van der Waals surface area contributed by atoms with E-state index >= 15 is 0 Å². The molecule has 0 aliphatic heterocycles. The van der Waals surface area contributed by atoms with Gasteiger partial charge in [-0.2, -0.15) is 0 Å². The largest absolute Gasteiger partial charge is 0.298 e. The van der Waals surface area contributed by atoms with Crippen molar-refractivity contribution in [2.45, 2.75) is 65.3 Å². The molecule has 0 amide bonds. The van der Waals surface area contributed by atoms with Gasteiger partial charge in [0.15, 0.2) is 5.78 Å². The number of hydrogen-bond acceptors (Lipinski definition) is 3. The molecule has 1 N–H and O–H groups in total. The van der Waals surface area contributed by atoms with Crippen LogP contribution in [0.3, 0.4) is 0 Å².